The average Bonchev–Trinajstić information content (AvgIpc) is 2.43. The molecule has 0 unspecified atom stereocenters. The zero-order valence-electron chi connectivity index (χ0n) is 12.2. The van der Waals surface area contributed by atoms with Crippen molar-refractivity contribution in [3.05, 3.63) is 35.6 Å². The van der Waals surface area contributed by atoms with Gasteiger partial charge in [0.2, 0.25) is 0 Å². The third-order valence-corrected chi connectivity index (χ3v) is 3.65. The molecule has 0 aromatic heterocycles. The monoisotopic (exact) mass is 265 g/mol. The molecule has 106 valence electrons. The molecule has 0 radical (unpaired) electrons. The maximum absolute atomic E-state index is 12.8. The Morgan fingerprint density at radius 3 is 2.21 bits per heavy atom. The number of ketones is 1. The zero-order chi connectivity index (χ0) is 14.3. The Morgan fingerprint density at radius 2 is 1.74 bits per heavy atom. The van der Waals surface area contributed by atoms with E-state index in [9.17, 15) is 9.18 Å². The maximum atomic E-state index is 12.8. The van der Waals surface area contributed by atoms with Crippen LogP contribution in [0, 0.1) is 11.7 Å². The van der Waals surface area contributed by atoms with Crippen molar-refractivity contribution in [2.24, 2.45) is 5.92 Å². The van der Waals surface area contributed by atoms with Crippen molar-refractivity contribution in [1.29, 1.82) is 0 Å². The smallest absolute Gasteiger partial charge is 0.176 e. The van der Waals surface area contributed by atoms with Crippen LogP contribution in [0.25, 0.3) is 0 Å². The van der Waals surface area contributed by atoms with Crippen LogP contribution in [0.3, 0.4) is 0 Å². The summed E-state index contributed by atoms with van der Waals surface area (Å²) in [6.07, 6.45) is 2.27. The largest absolute Gasteiger partial charge is 0.296 e. The van der Waals surface area contributed by atoms with Crippen LogP contribution in [0.1, 0.15) is 44.0 Å². The van der Waals surface area contributed by atoms with Gasteiger partial charge in [0.1, 0.15) is 5.82 Å². The highest BCUT2D eigenvalue weighted by atomic mass is 19.1. The molecule has 0 N–H and O–H groups in total. The van der Waals surface area contributed by atoms with E-state index < -0.39 is 0 Å². The SMILES string of the molecule is CCC(CC)CN(CC)CC(=O)c1ccc(F)cc1. The van der Waals surface area contributed by atoms with Crippen LogP contribution in [-0.4, -0.2) is 30.3 Å². The number of carbonyl (C=O) groups is 1. The van der Waals surface area contributed by atoms with Crippen molar-refractivity contribution in [2.45, 2.75) is 33.6 Å². The lowest BCUT2D eigenvalue weighted by molar-refractivity contribution is 0.0920. The summed E-state index contributed by atoms with van der Waals surface area (Å²) in [6.45, 7) is 8.67. The third kappa shape index (κ3) is 5.11. The number of halogens is 1. The lowest BCUT2D eigenvalue weighted by Gasteiger charge is -2.24. The van der Waals surface area contributed by atoms with Gasteiger partial charge in [-0.25, -0.2) is 4.39 Å². The minimum atomic E-state index is -0.305. The molecule has 0 amide bonds. The van der Waals surface area contributed by atoms with Gasteiger partial charge >= 0.3 is 0 Å². The summed E-state index contributed by atoms with van der Waals surface area (Å²) in [5.74, 6) is 0.398. The Kier molecular flexibility index (Phi) is 6.71. The van der Waals surface area contributed by atoms with Gasteiger partial charge in [-0.2, -0.15) is 0 Å². The molecule has 0 aliphatic carbocycles. The highest BCUT2D eigenvalue weighted by Gasteiger charge is 2.14. The van der Waals surface area contributed by atoms with Gasteiger partial charge in [0.15, 0.2) is 5.78 Å². The first-order valence-corrected chi connectivity index (χ1v) is 7.11. The number of nitrogens with zero attached hydrogens (tertiary/aromatic N) is 1. The summed E-state index contributed by atoms with van der Waals surface area (Å²) >= 11 is 0. The summed E-state index contributed by atoms with van der Waals surface area (Å²) in [5.41, 5.74) is 0.587. The Balaban J connectivity index is 2.60. The van der Waals surface area contributed by atoms with Crippen molar-refractivity contribution >= 4 is 5.78 Å². The van der Waals surface area contributed by atoms with Crippen molar-refractivity contribution in [2.75, 3.05) is 19.6 Å². The van der Waals surface area contributed by atoms with Gasteiger partial charge in [-0.3, -0.25) is 9.69 Å². The van der Waals surface area contributed by atoms with Gasteiger partial charge in [-0.05, 0) is 36.7 Å². The average molecular weight is 265 g/mol. The lowest BCUT2D eigenvalue weighted by atomic mass is 10.0. The normalized spacial score (nSPS) is 11.3. The molecule has 0 aliphatic heterocycles. The summed E-state index contributed by atoms with van der Waals surface area (Å²) < 4.78 is 12.8. The first-order valence-electron chi connectivity index (χ1n) is 7.11. The molecule has 0 bridgehead atoms. The van der Waals surface area contributed by atoms with Crippen LogP contribution < -0.4 is 0 Å². The Hall–Kier alpha value is -1.22. The Morgan fingerprint density at radius 1 is 1.16 bits per heavy atom. The molecule has 0 fully saturated rings. The lowest BCUT2D eigenvalue weighted by Crippen LogP contribution is -2.34. The van der Waals surface area contributed by atoms with E-state index in [-0.39, 0.29) is 11.6 Å². The molecule has 0 atom stereocenters. The topological polar surface area (TPSA) is 20.3 Å². The van der Waals surface area contributed by atoms with Gasteiger partial charge in [0, 0.05) is 12.1 Å². The minimum Gasteiger partial charge on any atom is -0.296 e. The van der Waals surface area contributed by atoms with E-state index in [1.54, 1.807) is 12.1 Å². The van der Waals surface area contributed by atoms with Crippen molar-refractivity contribution in [1.82, 2.24) is 4.90 Å². The molecule has 3 heteroatoms. The molecule has 0 aliphatic rings. The van der Waals surface area contributed by atoms with Gasteiger partial charge in [-0.1, -0.05) is 33.6 Å². The molecular formula is C16H24FNO. The third-order valence-electron chi connectivity index (χ3n) is 3.65. The highest BCUT2D eigenvalue weighted by molar-refractivity contribution is 5.97. The van der Waals surface area contributed by atoms with Gasteiger partial charge in [0.25, 0.3) is 0 Å². The second-order valence-corrected chi connectivity index (χ2v) is 4.94. The van der Waals surface area contributed by atoms with E-state index in [2.05, 4.69) is 25.7 Å². The number of carbonyl (C=O) groups excluding carboxylic acids is 1. The Labute approximate surface area is 115 Å². The van der Waals surface area contributed by atoms with Crippen molar-refractivity contribution in [3.8, 4) is 0 Å². The number of likely N-dealkylation sites (N-methyl/N-ethyl adjacent to an activating group) is 1. The number of Topliss-reactive ketones (excluding diaryl/α,β-unsaturated/α-hetero) is 1. The second kappa shape index (κ2) is 8.05. The van der Waals surface area contributed by atoms with Crippen LogP contribution in [0.15, 0.2) is 24.3 Å². The van der Waals surface area contributed by atoms with E-state index in [0.29, 0.717) is 18.0 Å². The molecule has 19 heavy (non-hydrogen) atoms. The van der Waals surface area contributed by atoms with E-state index in [4.69, 9.17) is 0 Å². The fourth-order valence-corrected chi connectivity index (χ4v) is 2.15. The zero-order valence-corrected chi connectivity index (χ0v) is 12.2. The number of hydrogen-bond donors (Lipinski definition) is 0. The second-order valence-electron chi connectivity index (χ2n) is 4.94. The maximum Gasteiger partial charge on any atom is 0.176 e. The van der Waals surface area contributed by atoms with Crippen LogP contribution in [0.4, 0.5) is 4.39 Å². The molecule has 0 spiro atoms. The number of hydrogen-bond acceptors (Lipinski definition) is 2. The summed E-state index contributed by atoms with van der Waals surface area (Å²) in [5, 5.41) is 0. The Bertz CT molecular complexity index is 384. The van der Waals surface area contributed by atoms with Crippen LogP contribution in [0.2, 0.25) is 0 Å². The molecule has 2 nitrogen and oxygen atoms in total. The summed E-state index contributed by atoms with van der Waals surface area (Å²) in [6, 6.07) is 5.79. The first kappa shape index (κ1) is 15.8. The summed E-state index contributed by atoms with van der Waals surface area (Å²) in [7, 11) is 0. The van der Waals surface area contributed by atoms with Crippen molar-refractivity contribution in [3.63, 3.8) is 0 Å². The van der Waals surface area contributed by atoms with Crippen LogP contribution in [0.5, 0.6) is 0 Å². The van der Waals surface area contributed by atoms with E-state index in [0.717, 1.165) is 25.9 Å². The van der Waals surface area contributed by atoms with E-state index >= 15 is 0 Å². The van der Waals surface area contributed by atoms with Gasteiger partial charge in [0.05, 0.1) is 6.54 Å². The van der Waals surface area contributed by atoms with Crippen LogP contribution >= 0.6 is 0 Å². The van der Waals surface area contributed by atoms with Gasteiger partial charge in [-0.15, -0.1) is 0 Å². The quantitative estimate of drug-likeness (QED) is 0.667. The predicted molar refractivity (Wildman–Crippen MR) is 76.9 cm³/mol. The predicted octanol–water partition coefficient (Wildman–Crippen LogP) is 3.77. The fourth-order valence-electron chi connectivity index (χ4n) is 2.15. The molecular weight excluding hydrogens is 241 g/mol. The number of rotatable bonds is 8. The highest BCUT2D eigenvalue weighted by Crippen LogP contribution is 2.11. The first-order chi connectivity index (χ1) is 9.10. The van der Waals surface area contributed by atoms with Crippen LogP contribution in [-0.2, 0) is 0 Å². The van der Waals surface area contributed by atoms with E-state index in [1.807, 2.05) is 0 Å². The molecule has 0 saturated heterocycles. The molecule has 0 heterocycles. The fraction of sp³-hybridized carbons (Fsp3) is 0.562. The molecule has 0 saturated carbocycles. The summed E-state index contributed by atoms with van der Waals surface area (Å²) in [4.78, 5) is 14.3. The van der Waals surface area contributed by atoms with Gasteiger partial charge < -0.3 is 0 Å². The number of benzene rings is 1. The molecule has 1 rings (SSSR count). The molecule has 1 aromatic carbocycles. The standard InChI is InChI=1S/C16H24FNO/c1-4-13(5-2)11-18(6-3)12-16(19)14-7-9-15(17)10-8-14/h7-10,13H,4-6,11-12H2,1-3H3. The molecule has 1 aromatic rings. The minimum absolute atomic E-state index is 0.0628. The van der Waals surface area contributed by atoms with E-state index in [1.165, 1.54) is 12.1 Å². The van der Waals surface area contributed by atoms with Crippen molar-refractivity contribution < 1.29 is 9.18 Å².